The third-order valence-electron chi connectivity index (χ3n) is 4.91. The van der Waals surface area contributed by atoms with Gasteiger partial charge in [-0.1, -0.05) is 36.4 Å². The lowest BCUT2D eigenvalue weighted by Crippen LogP contribution is -2.12. The van der Waals surface area contributed by atoms with Crippen molar-refractivity contribution in [3.63, 3.8) is 0 Å². The number of esters is 1. The number of rotatable bonds is 5. The predicted molar refractivity (Wildman–Crippen MR) is 118 cm³/mol. The molecule has 30 heavy (non-hydrogen) atoms. The third-order valence-corrected chi connectivity index (χ3v) is 6.06. The Bertz CT molecular complexity index is 1240. The molecule has 0 spiro atoms. The first kappa shape index (κ1) is 19.8. The van der Waals surface area contributed by atoms with Crippen LogP contribution in [0.1, 0.15) is 36.9 Å². The summed E-state index contributed by atoms with van der Waals surface area (Å²) in [5.74, 6) is -0.657. The number of aryl methyl sites for hydroxylation is 2. The lowest BCUT2D eigenvalue weighted by atomic mass is 10.1. The molecule has 2 heterocycles. The number of fused-ring (bicyclic) bond motifs is 1. The SMILES string of the molecule is COC(=O)c1ccc(C)c(NC(=O)c2cc3c(C)nn(Cc4ccccc4)c3s2)c1. The molecule has 0 saturated heterocycles. The zero-order valence-corrected chi connectivity index (χ0v) is 17.7. The highest BCUT2D eigenvalue weighted by Gasteiger charge is 2.18. The van der Waals surface area contributed by atoms with Gasteiger partial charge in [0, 0.05) is 11.1 Å². The zero-order chi connectivity index (χ0) is 21.3. The molecule has 0 aliphatic carbocycles. The van der Waals surface area contributed by atoms with Crippen molar-refractivity contribution in [1.82, 2.24) is 9.78 Å². The van der Waals surface area contributed by atoms with Crippen LogP contribution in [0.5, 0.6) is 0 Å². The van der Waals surface area contributed by atoms with Crippen molar-refractivity contribution in [3.05, 3.63) is 81.9 Å². The minimum atomic E-state index is -0.441. The van der Waals surface area contributed by atoms with Crippen molar-refractivity contribution in [2.45, 2.75) is 20.4 Å². The van der Waals surface area contributed by atoms with Crippen molar-refractivity contribution >= 4 is 39.1 Å². The fraction of sp³-hybridized carbons (Fsp3) is 0.174. The molecule has 1 amide bonds. The molecule has 0 aliphatic rings. The zero-order valence-electron chi connectivity index (χ0n) is 16.9. The van der Waals surface area contributed by atoms with Gasteiger partial charge in [-0.05, 0) is 43.2 Å². The van der Waals surface area contributed by atoms with Crippen LogP contribution in [-0.2, 0) is 11.3 Å². The van der Waals surface area contributed by atoms with E-state index < -0.39 is 5.97 Å². The maximum atomic E-state index is 12.9. The molecule has 4 aromatic rings. The van der Waals surface area contributed by atoms with Crippen LogP contribution in [0.25, 0.3) is 10.2 Å². The van der Waals surface area contributed by atoms with E-state index in [0.29, 0.717) is 22.7 Å². The molecule has 0 radical (unpaired) electrons. The minimum absolute atomic E-state index is 0.216. The molecule has 4 rings (SSSR count). The molecule has 1 N–H and O–H groups in total. The van der Waals surface area contributed by atoms with Gasteiger partial charge in [-0.25, -0.2) is 4.79 Å². The van der Waals surface area contributed by atoms with Crippen LogP contribution in [0.2, 0.25) is 0 Å². The summed E-state index contributed by atoms with van der Waals surface area (Å²) in [6.45, 7) is 4.47. The highest BCUT2D eigenvalue weighted by atomic mass is 32.1. The Hall–Kier alpha value is -3.45. The van der Waals surface area contributed by atoms with Crippen LogP contribution in [0, 0.1) is 13.8 Å². The molecule has 2 aromatic heterocycles. The highest BCUT2D eigenvalue weighted by molar-refractivity contribution is 7.20. The summed E-state index contributed by atoms with van der Waals surface area (Å²) in [5, 5.41) is 8.52. The first-order valence-electron chi connectivity index (χ1n) is 9.47. The molecule has 6 nitrogen and oxygen atoms in total. The summed E-state index contributed by atoms with van der Waals surface area (Å²) >= 11 is 1.41. The minimum Gasteiger partial charge on any atom is -0.465 e. The van der Waals surface area contributed by atoms with E-state index in [0.717, 1.165) is 27.0 Å². The Morgan fingerprint density at radius 2 is 1.87 bits per heavy atom. The average molecular weight is 420 g/mol. The Labute approximate surface area is 178 Å². The first-order chi connectivity index (χ1) is 14.5. The van der Waals surface area contributed by atoms with Gasteiger partial charge in [0.25, 0.3) is 5.91 Å². The summed E-state index contributed by atoms with van der Waals surface area (Å²) in [5.41, 5.74) is 3.88. The predicted octanol–water partition coefficient (Wildman–Crippen LogP) is 4.80. The van der Waals surface area contributed by atoms with Gasteiger partial charge in [0.15, 0.2) is 0 Å². The molecule has 7 heteroatoms. The maximum Gasteiger partial charge on any atom is 0.337 e. The van der Waals surface area contributed by atoms with E-state index in [1.54, 1.807) is 18.2 Å². The number of nitrogens with one attached hydrogen (secondary N) is 1. The Kier molecular flexibility index (Phi) is 5.37. The standard InChI is InChI=1S/C23H21N3O3S/c1-14-9-10-17(23(28)29-3)11-19(14)24-21(27)20-12-18-15(2)25-26(22(18)30-20)13-16-7-5-4-6-8-16/h4-12H,13H2,1-3H3,(H,24,27). The monoisotopic (exact) mass is 419 g/mol. The van der Waals surface area contributed by atoms with Gasteiger partial charge in [-0.2, -0.15) is 5.10 Å². The Balaban J connectivity index is 1.62. The van der Waals surface area contributed by atoms with Crippen molar-refractivity contribution in [2.75, 3.05) is 12.4 Å². The molecule has 0 saturated carbocycles. The van der Waals surface area contributed by atoms with E-state index in [-0.39, 0.29) is 5.91 Å². The number of benzene rings is 2. The number of hydrogen-bond donors (Lipinski definition) is 1. The number of thiophene rings is 1. The molecule has 0 aliphatic heterocycles. The maximum absolute atomic E-state index is 12.9. The van der Waals surface area contributed by atoms with E-state index in [1.807, 2.05) is 42.8 Å². The molecule has 0 atom stereocenters. The van der Waals surface area contributed by atoms with Gasteiger partial charge in [0.1, 0.15) is 4.83 Å². The fourth-order valence-corrected chi connectivity index (χ4v) is 4.33. The highest BCUT2D eigenvalue weighted by Crippen LogP contribution is 2.30. The van der Waals surface area contributed by atoms with Gasteiger partial charge in [-0.3, -0.25) is 9.48 Å². The lowest BCUT2D eigenvalue weighted by molar-refractivity contribution is 0.0600. The quantitative estimate of drug-likeness (QED) is 0.472. The molecular weight excluding hydrogens is 398 g/mol. The normalized spacial score (nSPS) is 10.9. The van der Waals surface area contributed by atoms with Gasteiger partial charge in [-0.15, -0.1) is 11.3 Å². The van der Waals surface area contributed by atoms with Crippen LogP contribution in [0.4, 0.5) is 5.69 Å². The number of amides is 1. The third kappa shape index (κ3) is 3.84. The van der Waals surface area contributed by atoms with Crippen molar-refractivity contribution < 1.29 is 14.3 Å². The summed E-state index contributed by atoms with van der Waals surface area (Å²) < 4.78 is 6.70. The van der Waals surface area contributed by atoms with Gasteiger partial charge < -0.3 is 10.1 Å². The number of carbonyl (C=O) groups excluding carboxylic acids is 2. The number of methoxy groups -OCH3 is 1. The Morgan fingerprint density at radius 1 is 1.10 bits per heavy atom. The summed E-state index contributed by atoms with van der Waals surface area (Å²) in [7, 11) is 1.33. The van der Waals surface area contributed by atoms with Gasteiger partial charge in [0.2, 0.25) is 0 Å². The molecule has 2 aromatic carbocycles. The largest absolute Gasteiger partial charge is 0.465 e. The number of hydrogen-bond acceptors (Lipinski definition) is 5. The molecule has 0 bridgehead atoms. The fourth-order valence-electron chi connectivity index (χ4n) is 3.27. The second-order valence-electron chi connectivity index (χ2n) is 7.03. The number of nitrogens with zero attached hydrogens (tertiary/aromatic N) is 2. The number of ether oxygens (including phenoxy) is 1. The number of carbonyl (C=O) groups is 2. The van der Waals surface area contributed by atoms with Crippen LogP contribution >= 0.6 is 11.3 Å². The van der Waals surface area contributed by atoms with Crippen molar-refractivity contribution in [2.24, 2.45) is 0 Å². The Morgan fingerprint density at radius 3 is 2.60 bits per heavy atom. The average Bonchev–Trinajstić information content (AvgIpc) is 3.31. The van der Waals surface area contributed by atoms with Crippen LogP contribution in [0.3, 0.4) is 0 Å². The molecule has 0 fully saturated rings. The van der Waals surface area contributed by atoms with Gasteiger partial charge >= 0.3 is 5.97 Å². The van der Waals surface area contributed by atoms with Gasteiger partial charge in [0.05, 0.1) is 29.8 Å². The van der Waals surface area contributed by atoms with Crippen molar-refractivity contribution in [1.29, 1.82) is 0 Å². The van der Waals surface area contributed by atoms with E-state index in [2.05, 4.69) is 22.5 Å². The van der Waals surface area contributed by atoms with E-state index in [1.165, 1.54) is 18.4 Å². The smallest absolute Gasteiger partial charge is 0.337 e. The summed E-state index contributed by atoms with van der Waals surface area (Å²) in [6.07, 6.45) is 0. The second kappa shape index (κ2) is 8.12. The number of anilines is 1. The lowest BCUT2D eigenvalue weighted by Gasteiger charge is -2.09. The van der Waals surface area contributed by atoms with Crippen molar-refractivity contribution in [3.8, 4) is 0 Å². The molecule has 152 valence electrons. The number of aromatic nitrogens is 2. The van der Waals surface area contributed by atoms with E-state index in [4.69, 9.17) is 4.74 Å². The summed E-state index contributed by atoms with van der Waals surface area (Å²) in [6, 6.07) is 17.1. The topological polar surface area (TPSA) is 73.2 Å². The first-order valence-corrected chi connectivity index (χ1v) is 10.3. The van der Waals surface area contributed by atoms with Crippen LogP contribution < -0.4 is 5.32 Å². The molecular formula is C23H21N3O3S. The second-order valence-corrected chi connectivity index (χ2v) is 8.06. The van der Waals surface area contributed by atoms with E-state index >= 15 is 0 Å². The van der Waals surface area contributed by atoms with E-state index in [9.17, 15) is 9.59 Å². The van der Waals surface area contributed by atoms with Crippen LogP contribution in [0.15, 0.2) is 54.6 Å². The summed E-state index contributed by atoms with van der Waals surface area (Å²) in [4.78, 5) is 26.3. The van der Waals surface area contributed by atoms with Crippen LogP contribution in [-0.4, -0.2) is 28.8 Å². The molecule has 0 unspecified atom stereocenters.